The summed E-state index contributed by atoms with van der Waals surface area (Å²) in [6, 6.07) is 6.17. The fourth-order valence-electron chi connectivity index (χ4n) is 2.59. The first-order valence-electron chi connectivity index (χ1n) is 9.20. The lowest BCUT2D eigenvalue weighted by atomic mass is 10.4. The van der Waals surface area contributed by atoms with Gasteiger partial charge in [-0.15, -0.1) is 14.2 Å². The fraction of sp³-hybridized carbons (Fsp3) is 0.167. The van der Waals surface area contributed by atoms with Crippen LogP contribution < -0.4 is 14.5 Å². The summed E-state index contributed by atoms with van der Waals surface area (Å²) in [5.41, 5.74) is 0. The maximum atomic E-state index is 12.3. The fourth-order valence-corrected chi connectivity index (χ4v) is 2.59. The summed E-state index contributed by atoms with van der Waals surface area (Å²) < 4.78 is 1.13. The molecule has 0 spiro atoms. The molecule has 3 heterocycles. The van der Waals surface area contributed by atoms with Crippen molar-refractivity contribution in [3.05, 3.63) is 36.4 Å². The average Bonchev–Trinajstić information content (AvgIpc) is 3.36. The van der Waals surface area contributed by atoms with Gasteiger partial charge in [0.1, 0.15) is 19.6 Å². The number of carbonyl (C=O) groups is 3. The molecule has 0 aliphatic carbocycles. The van der Waals surface area contributed by atoms with Crippen LogP contribution in [0.25, 0.3) is 0 Å². The molecule has 16 heteroatoms. The van der Waals surface area contributed by atoms with Crippen molar-refractivity contribution in [2.45, 2.75) is 0 Å². The molecule has 3 aromatic rings. The van der Waals surface area contributed by atoms with Crippen molar-refractivity contribution >= 4 is 17.9 Å². The van der Waals surface area contributed by atoms with E-state index in [0.717, 1.165) is 41.3 Å². The van der Waals surface area contributed by atoms with Gasteiger partial charge in [0.2, 0.25) is 35.3 Å². The average molecular weight is 482 g/mol. The summed E-state index contributed by atoms with van der Waals surface area (Å²) in [4.78, 5) is 51.9. The number of nitrogens with zero attached hydrogens (tertiary/aromatic N) is 4. The maximum absolute atomic E-state index is 12.3. The molecule has 0 aliphatic heterocycles. The molecule has 0 radical (unpaired) electrons. The molecular weight excluding hydrogens is 464 g/mol. The highest BCUT2D eigenvalue weighted by Gasteiger charge is 2.24. The standard InChI is InChI=1S/C18H18N4O12/c23-10-1-2-11(24)20(10)32-16(29)7-19(8-17(30)33-21-12(25)3-4-13(21)26)9-18(31)34-22-14(27)5-6-15(22)28/h1-6,23-28H,7-9H2. The highest BCUT2D eigenvalue weighted by molar-refractivity contribution is 5.78. The van der Waals surface area contributed by atoms with Crippen LogP contribution in [0.1, 0.15) is 0 Å². The van der Waals surface area contributed by atoms with Gasteiger partial charge in [0.15, 0.2) is 0 Å². The van der Waals surface area contributed by atoms with Gasteiger partial charge in [0.25, 0.3) is 0 Å². The molecule has 16 nitrogen and oxygen atoms in total. The summed E-state index contributed by atoms with van der Waals surface area (Å²) in [5.74, 6) is -7.16. The zero-order chi connectivity index (χ0) is 25.0. The zero-order valence-corrected chi connectivity index (χ0v) is 17.0. The Kier molecular flexibility index (Phi) is 6.72. The van der Waals surface area contributed by atoms with E-state index in [1.54, 1.807) is 0 Å². The molecular formula is C18H18N4O12. The Morgan fingerprint density at radius 3 is 0.941 bits per heavy atom. The minimum Gasteiger partial charge on any atom is -0.492 e. The largest absolute Gasteiger partial charge is 0.492 e. The lowest BCUT2D eigenvalue weighted by molar-refractivity contribution is -0.154. The number of rotatable bonds is 9. The highest BCUT2D eigenvalue weighted by atomic mass is 16.7. The normalized spacial score (nSPS) is 10.9. The highest BCUT2D eigenvalue weighted by Crippen LogP contribution is 2.20. The van der Waals surface area contributed by atoms with E-state index in [1.165, 1.54) is 0 Å². The topological polar surface area (TPSA) is 218 Å². The van der Waals surface area contributed by atoms with Crippen molar-refractivity contribution in [2.75, 3.05) is 19.6 Å². The molecule has 0 saturated carbocycles. The molecule has 0 aliphatic rings. The Hall–Kier alpha value is -4.99. The van der Waals surface area contributed by atoms with E-state index >= 15 is 0 Å². The van der Waals surface area contributed by atoms with Gasteiger partial charge in [0.05, 0.1) is 0 Å². The Bertz CT molecular complexity index is 1000. The third-order valence-electron chi connectivity index (χ3n) is 4.03. The van der Waals surface area contributed by atoms with Gasteiger partial charge in [-0.05, 0) is 0 Å². The summed E-state index contributed by atoms with van der Waals surface area (Å²) in [5, 5.41) is 57.4. The number of aromatic nitrogens is 3. The van der Waals surface area contributed by atoms with Gasteiger partial charge in [-0.3, -0.25) is 4.90 Å². The second kappa shape index (κ2) is 9.65. The molecule has 0 saturated heterocycles. The van der Waals surface area contributed by atoms with Crippen molar-refractivity contribution in [3.63, 3.8) is 0 Å². The second-order valence-corrected chi connectivity index (χ2v) is 6.57. The lowest BCUT2D eigenvalue weighted by Gasteiger charge is -2.19. The van der Waals surface area contributed by atoms with Gasteiger partial charge < -0.3 is 45.2 Å². The van der Waals surface area contributed by atoms with Crippen molar-refractivity contribution < 1.29 is 59.5 Å². The SMILES string of the molecule is O=C(CN(CC(=O)On1c(O)ccc1O)CC(=O)On1c(O)ccc1O)On1c(O)ccc1O. The molecule has 0 atom stereocenters. The zero-order valence-electron chi connectivity index (χ0n) is 17.0. The van der Waals surface area contributed by atoms with Gasteiger partial charge in [-0.1, -0.05) is 0 Å². The van der Waals surface area contributed by atoms with Crippen LogP contribution in [0.3, 0.4) is 0 Å². The van der Waals surface area contributed by atoms with Crippen LogP contribution in [-0.2, 0) is 14.4 Å². The number of hydrogen-bond donors (Lipinski definition) is 6. The van der Waals surface area contributed by atoms with E-state index in [4.69, 9.17) is 14.5 Å². The first-order chi connectivity index (χ1) is 16.0. The third-order valence-corrected chi connectivity index (χ3v) is 4.03. The van der Waals surface area contributed by atoms with Gasteiger partial charge in [-0.25, -0.2) is 14.4 Å². The van der Waals surface area contributed by atoms with Crippen molar-refractivity contribution in [1.82, 2.24) is 19.1 Å². The lowest BCUT2D eigenvalue weighted by Crippen LogP contribution is -2.44. The molecule has 182 valence electrons. The monoisotopic (exact) mass is 482 g/mol. The van der Waals surface area contributed by atoms with Crippen molar-refractivity contribution in [3.8, 4) is 35.3 Å². The van der Waals surface area contributed by atoms with Gasteiger partial charge in [-0.2, -0.15) is 0 Å². The minimum atomic E-state index is -1.15. The van der Waals surface area contributed by atoms with Crippen LogP contribution in [-0.4, -0.2) is 87.3 Å². The van der Waals surface area contributed by atoms with Gasteiger partial charge >= 0.3 is 17.9 Å². The predicted octanol–water partition coefficient (Wildman–Crippen LogP) is -2.11. The van der Waals surface area contributed by atoms with Gasteiger partial charge in [0, 0.05) is 36.4 Å². The van der Waals surface area contributed by atoms with E-state index in [-0.39, 0.29) is 0 Å². The number of hydrogen-bond acceptors (Lipinski definition) is 13. The molecule has 6 N–H and O–H groups in total. The summed E-state index contributed by atoms with van der Waals surface area (Å²) >= 11 is 0. The molecule has 0 aromatic carbocycles. The Balaban J connectivity index is 1.71. The Labute approximate surface area is 188 Å². The molecule has 0 fully saturated rings. The van der Waals surface area contributed by atoms with Crippen LogP contribution >= 0.6 is 0 Å². The molecule has 3 aromatic heterocycles. The molecule has 0 bridgehead atoms. The number of aromatic hydroxyl groups is 6. The van der Waals surface area contributed by atoms with Crippen LogP contribution in [0, 0.1) is 0 Å². The summed E-state index contributed by atoms with van der Waals surface area (Å²) in [7, 11) is 0. The second-order valence-electron chi connectivity index (χ2n) is 6.57. The predicted molar refractivity (Wildman–Crippen MR) is 104 cm³/mol. The number of carbonyl (C=O) groups excluding carboxylic acids is 3. The van der Waals surface area contributed by atoms with E-state index in [0.29, 0.717) is 14.2 Å². The summed E-state index contributed by atoms with van der Waals surface area (Å²) in [6.07, 6.45) is 0. The van der Waals surface area contributed by atoms with Crippen LogP contribution in [0.2, 0.25) is 0 Å². The Morgan fingerprint density at radius 1 is 0.529 bits per heavy atom. The third kappa shape index (κ3) is 5.43. The minimum absolute atomic E-state index is 0.378. The van der Waals surface area contributed by atoms with E-state index in [2.05, 4.69) is 0 Å². The molecule has 3 rings (SSSR count). The van der Waals surface area contributed by atoms with E-state index in [1.807, 2.05) is 0 Å². The van der Waals surface area contributed by atoms with Crippen LogP contribution in [0.4, 0.5) is 0 Å². The molecule has 34 heavy (non-hydrogen) atoms. The first kappa shape index (κ1) is 23.7. The van der Waals surface area contributed by atoms with E-state index < -0.39 is 72.8 Å². The maximum Gasteiger partial charge on any atom is 0.347 e. The first-order valence-corrected chi connectivity index (χ1v) is 9.20. The van der Waals surface area contributed by atoms with Crippen LogP contribution in [0.15, 0.2) is 36.4 Å². The quantitative estimate of drug-likeness (QED) is 0.193. The van der Waals surface area contributed by atoms with Crippen molar-refractivity contribution in [1.29, 1.82) is 0 Å². The smallest absolute Gasteiger partial charge is 0.347 e. The van der Waals surface area contributed by atoms with E-state index in [9.17, 15) is 45.0 Å². The molecule has 0 amide bonds. The Morgan fingerprint density at radius 2 is 0.735 bits per heavy atom. The van der Waals surface area contributed by atoms with Crippen LogP contribution in [0.5, 0.6) is 35.3 Å². The summed E-state index contributed by atoms with van der Waals surface area (Å²) in [6.45, 7) is -2.39. The van der Waals surface area contributed by atoms with Crippen molar-refractivity contribution in [2.24, 2.45) is 0 Å². The molecule has 0 unspecified atom stereocenters.